The van der Waals surface area contributed by atoms with Crippen molar-refractivity contribution in [3.63, 3.8) is 0 Å². The van der Waals surface area contributed by atoms with E-state index in [0.717, 1.165) is 12.5 Å². The highest BCUT2D eigenvalue weighted by molar-refractivity contribution is 5.25. The molecule has 0 unspecified atom stereocenters. The van der Waals surface area contributed by atoms with E-state index in [-0.39, 0.29) is 0 Å². The summed E-state index contributed by atoms with van der Waals surface area (Å²) < 4.78 is 0. The Morgan fingerprint density at radius 2 is 1.67 bits per heavy atom. The van der Waals surface area contributed by atoms with Crippen LogP contribution in [-0.2, 0) is 13.0 Å². The largest absolute Gasteiger partial charge is 0.308 e. The van der Waals surface area contributed by atoms with E-state index in [1.165, 1.54) is 49.0 Å². The Morgan fingerprint density at radius 1 is 0.958 bits per heavy atom. The average molecular weight is 320 g/mol. The van der Waals surface area contributed by atoms with Crippen LogP contribution in [0.25, 0.3) is 0 Å². The fourth-order valence-electron chi connectivity index (χ4n) is 4.60. The summed E-state index contributed by atoms with van der Waals surface area (Å²) in [5, 5.41) is 3.94. The molecule has 3 saturated heterocycles. The summed E-state index contributed by atoms with van der Waals surface area (Å²) in [6, 6.07) is 21.0. The molecule has 3 fully saturated rings. The molecule has 2 nitrogen and oxygen atoms in total. The molecule has 5 rings (SSSR count). The fraction of sp³-hybridized carbons (Fsp3) is 0.455. The van der Waals surface area contributed by atoms with Crippen molar-refractivity contribution >= 4 is 0 Å². The third-order valence-corrected chi connectivity index (χ3v) is 6.04. The molecule has 3 heterocycles. The second-order valence-corrected chi connectivity index (χ2v) is 7.46. The first-order chi connectivity index (χ1) is 11.8. The van der Waals surface area contributed by atoms with Crippen molar-refractivity contribution in [2.75, 3.05) is 13.1 Å². The van der Waals surface area contributed by atoms with Crippen LogP contribution in [-0.4, -0.2) is 30.1 Å². The molecular weight excluding hydrogens is 292 g/mol. The van der Waals surface area contributed by atoms with Crippen molar-refractivity contribution in [1.82, 2.24) is 10.2 Å². The van der Waals surface area contributed by atoms with Crippen LogP contribution in [0.1, 0.15) is 29.5 Å². The van der Waals surface area contributed by atoms with E-state index in [9.17, 15) is 0 Å². The first kappa shape index (κ1) is 15.9. The van der Waals surface area contributed by atoms with E-state index in [1.54, 1.807) is 0 Å². The molecule has 1 N–H and O–H groups in total. The Balaban J connectivity index is 1.49. The van der Waals surface area contributed by atoms with Gasteiger partial charge >= 0.3 is 0 Å². The van der Waals surface area contributed by atoms with E-state index < -0.39 is 0 Å². The van der Waals surface area contributed by atoms with Gasteiger partial charge in [0.15, 0.2) is 0 Å². The number of fused-ring (bicyclic) bond motifs is 3. The molecule has 2 aromatic rings. The lowest BCUT2D eigenvalue weighted by Crippen LogP contribution is -2.63. The highest BCUT2D eigenvalue weighted by atomic mass is 15.2. The predicted molar refractivity (Wildman–Crippen MR) is 100 cm³/mol. The molecule has 2 heteroatoms. The Labute approximate surface area is 145 Å². The SMILES string of the molecule is Cc1ccccc1CN[C@H]1C2CCN(CC2)[C@H]1Cc1ccccc1. The summed E-state index contributed by atoms with van der Waals surface area (Å²) in [6.07, 6.45) is 3.89. The monoisotopic (exact) mass is 320 g/mol. The van der Waals surface area contributed by atoms with Crippen molar-refractivity contribution in [2.24, 2.45) is 5.92 Å². The van der Waals surface area contributed by atoms with Gasteiger partial charge < -0.3 is 5.32 Å². The minimum Gasteiger partial charge on any atom is -0.308 e. The van der Waals surface area contributed by atoms with Crippen molar-refractivity contribution in [3.8, 4) is 0 Å². The quantitative estimate of drug-likeness (QED) is 0.902. The molecule has 126 valence electrons. The van der Waals surface area contributed by atoms with Crippen LogP contribution in [0.15, 0.2) is 54.6 Å². The first-order valence-electron chi connectivity index (χ1n) is 9.37. The molecule has 24 heavy (non-hydrogen) atoms. The van der Waals surface area contributed by atoms with Crippen LogP contribution in [0.3, 0.4) is 0 Å². The zero-order valence-corrected chi connectivity index (χ0v) is 14.6. The van der Waals surface area contributed by atoms with Crippen LogP contribution in [0, 0.1) is 12.8 Å². The average Bonchev–Trinajstić information content (AvgIpc) is 2.64. The number of nitrogens with one attached hydrogen (secondary N) is 1. The summed E-state index contributed by atoms with van der Waals surface area (Å²) >= 11 is 0. The zero-order chi connectivity index (χ0) is 16.4. The summed E-state index contributed by atoms with van der Waals surface area (Å²) in [5.74, 6) is 0.840. The van der Waals surface area contributed by atoms with Gasteiger partial charge in [0, 0.05) is 18.6 Å². The molecule has 0 spiro atoms. The van der Waals surface area contributed by atoms with Gasteiger partial charge in [0.2, 0.25) is 0 Å². The van der Waals surface area contributed by atoms with Crippen molar-refractivity contribution in [3.05, 3.63) is 71.3 Å². The molecule has 0 radical (unpaired) electrons. The number of nitrogens with zero attached hydrogens (tertiary/aromatic N) is 1. The number of hydrogen-bond acceptors (Lipinski definition) is 2. The van der Waals surface area contributed by atoms with Gasteiger partial charge in [-0.05, 0) is 61.9 Å². The minimum atomic E-state index is 0.618. The standard InChI is InChI=1S/C22H28N2/c1-17-7-5-6-10-20(17)16-23-22-19-11-13-24(14-12-19)21(22)15-18-8-3-2-4-9-18/h2-10,19,21-23H,11-16H2,1H3/t21-,22-/m0/s1. The highest BCUT2D eigenvalue weighted by Gasteiger charge is 2.41. The topological polar surface area (TPSA) is 15.3 Å². The zero-order valence-electron chi connectivity index (χ0n) is 14.6. The van der Waals surface area contributed by atoms with E-state index in [2.05, 4.69) is 71.7 Å². The van der Waals surface area contributed by atoms with Crippen LogP contribution in [0.2, 0.25) is 0 Å². The maximum Gasteiger partial charge on any atom is 0.0292 e. The van der Waals surface area contributed by atoms with Gasteiger partial charge in [-0.1, -0.05) is 54.6 Å². The van der Waals surface area contributed by atoms with E-state index in [4.69, 9.17) is 0 Å². The van der Waals surface area contributed by atoms with Gasteiger partial charge in [-0.25, -0.2) is 0 Å². The second-order valence-electron chi connectivity index (χ2n) is 7.46. The summed E-state index contributed by atoms with van der Waals surface area (Å²) in [4.78, 5) is 2.72. The normalized spacial score (nSPS) is 28.9. The predicted octanol–water partition coefficient (Wildman–Crippen LogP) is 3.79. The Bertz CT molecular complexity index is 659. The molecular formula is C22H28N2. The van der Waals surface area contributed by atoms with Crippen molar-refractivity contribution in [1.29, 1.82) is 0 Å². The molecule has 3 aliphatic rings. The van der Waals surface area contributed by atoms with Gasteiger partial charge in [0.05, 0.1) is 0 Å². The first-order valence-corrected chi connectivity index (χ1v) is 9.37. The third-order valence-electron chi connectivity index (χ3n) is 6.04. The smallest absolute Gasteiger partial charge is 0.0292 e. The van der Waals surface area contributed by atoms with Crippen molar-refractivity contribution < 1.29 is 0 Å². The van der Waals surface area contributed by atoms with Gasteiger partial charge in [-0.15, -0.1) is 0 Å². The third kappa shape index (κ3) is 3.26. The van der Waals surface area contributed by atoms with Crippen molar-refractivity contribution in [2.45, 2.75) is 44.8 Å². The van der Waals surface area contributed by atoms with E-state index in [0.29, 0.717) is 12.1 Å². The Hall–Kier alpha value is -1.64. The molecule has 0 aromatic heterocycles. The number of aryl methyl sites for hydroxylation is 1. The molecule has 2 aromatic carbocycles. The van der Waals surface area contributed by atoms with Gasteiger partial charge in [-0.3, -0.25) is 4.90 Å². The minimum absolute atomic E-state index is 0.618. The van der Waals surface area contributed by atoms with E-state index >= 15 is 0 Å². The molecule has 2 bridgehead atoms. The van der Waals surface area contributed by atoms with Crippen LogP contribution < -0.4 is 5.32 Å². The maximum absolute atomic E-state index is 3.94. The molecule has 2 atom stereocenters. The lowest BCUT2D eigenvalue weighted by Gasteiger charge is -2.51. The molecule has 0 amide bonds. The number of rotatable bonds is 5. The van der Waals surface area contributed by atoms with Gasteiger partial charge in [0.1, 0.15) is 0 Å². The van der Waals surface area contributed by atoms with Crippen LogP contribution >= 0.6 is 0 Å². The van der Waals surface area contributed by atoms with E-state index in [1.807, 2.05) is 0 Å². The lowest BCUT2D eigenvalue weighted by atomic mass is 9.76. The highest BCUT2D eigenvalue weighted by Crippen LogP contribution is 2.34. The van der Waals surface area contributed by atoms with Crippen LogP contribution in [0.4, 0.5) is 0 Å². The summed E-state index contributed by atoms with van der Waals surface area (Å²) in [7, 11) is 0. The second kappa shape index (κ2) is 7.08. The lowest BCUT2D eigenvalue weighted by molar-refractivity contribution is 0.0127. The summed E-state index contributed by atoms with van der Waals surface area (Å²) in [5.41, 5.74) is 4.30. The van der Waals surface area contributed by atoms with Gasteiger partial charge in [-0.2, -0.15) is 0 Å². The molecule has 3 aliphatic heterocycles. The fourth-order valence-corrected chi connectivity index (χ4v) is 4.60. The molecule has 0 saturated carbocycles. The number of hydrogen-bond donors (Lipinski definition) is 1. The summed E-state index contributed by atoms with van der Waals surface area (Å²) in [6.45, 7) is 5.78. The number of piperidine rings is 3. The Morgan fingerprint density at radius 3 is 2.42 bits per heavy atom. The Kier molecular flexibility index (Phi) is 4.68. The molecule has 0 aliphatic carbocycles. The van der Waals surface area contributed by atoms with Gasteiger partial charge in [0.25, 0.3) is 0 Å². The van der Waals surface area contributed by atoms with Crippen LogP contribution in [0.5, 0.6) is 0 Å². The number of benzene rings is 2. The maximum atomic E-state index is 3.94.